The zero-order valence-corrected chi connectivity index (χ0v) is 20.4. The molecule has 1 saturated heterocycles. The van der Waals surface area contributed by atoms with Gasteiger partial charge in [-0.15, -0.1) is 0 Å². The van der Waals surface area contributed by atoms with Crippen LogP contribution in [-0.2, 0) is 25.2 Å². The average Bonchev–Trinajstić information content (AvgIpc) is 3.02. The molecule has 0 spiro atoms. The molecule has 3 rings (SSSR count). The molecule has 2 N–H and O–H groups in total. The molecule has 1 fully saturated rings. The van der Waals surface area contributed by atoms with E-state index in [1.165, 1.54) is 50.5 Å². The maximum Gasteiger partial charge on any atom is 0.325 e. The molecule has 0 radical (unpaired) electrons. The Hall–Kier alpha value is -3.31. The lowest BCUT2D eigenvalue weighted by Gasteiger charge is -2.25. The second-order valence-electron chi connectivity index (χ2n) is 8.34. The number of amides is 4. The second-order valence-corrected chi connectivity index (χ2v) is 10.5. The minimum Gasteiger partial charge on any atom is -0.324 e. The Bertz CT molecular complexity index is 1260. The molecule has 0 bridgehead atoms. The largest absolute Gasteiger partial charge is 0.325 e. The smallest absolute Gasteiger partial charge is 0.324 e. The van der Waals surface area contributed by atoms with Crippen LogP contribution in [0, 0.1) is 19.7 Å². The summed E-state index contributed by atoms with van der Waals surface area (Å²) in [6, 6.07) is 7.34. The van der Waals surface area contributed by atoms with Gasteiger partial charge in [0.05, 0.1) is 4.90 Å². The van der Waals surface area contributed by atoms with Gasteiger partial charge in [0.2, 0.25) is 15.9 Å². The normalized spacial score (nSPS) is 18.4. The van der Waals surface area contributed by atoms with E-state index in [0.717, 1.165) is 9.21 Å². The molecule has 9 nitrogen and oxygen atoms in total. The number of rotatable bonds is 7. The van der Waals surface area contributed by atoms with Crippen LogP contribution in [0.1, 0.15) is 30.0 Å². The number of hydrogen-bond donors (Lipinski definition) is 2. The Morgan fingerprint density at radius 3 is 2.32 bits per heavy atom. The predicted molar refractivity (Wildman–Crippen MR) is 124 cm³/mol. The number of carbonyl (C=O) groups is 3. The number of nitrogens with one attached hydrogen (secondary N) is 2. The first-order valence-corrected chi connectivity index (χ1v) is 12.0. The highest BCUT2D eigenvalue weighted by molar-refractivity contribution is 7.89. The number of imide groups is 1. The predicted octanol–water partition coefficient (Wildman–Crippen LogP) is 2.49. The van der Waals surface area contributed by atoms with E-state index in [1.54, 1.807) is 20.8 Å². The van der Waals surface area contributed by atoms with E-state index < -0.39 is 45.8 Å². The van der Waals surface area contributed by atoms with Crippen molar-refractivity contribution in [2.45, 2.75) is 37.6 Å². The summed E-state index contributed by atoms with van der Waals surface area (Å²) in [5.41, 5.74) is 0.563. The van der Waals surface area contributed by atoms with E-state index >= 15 is 0 Å². The third kappa shape index (κ3) is 4.40. The van der Waals surface area contributed by atoms with Gasteiger partial charge in [-0.05, 0) is 61.2 Å². The first kappa shape index (κ1) is 25.3. The van der Waals surface area contributed by atoms with Crippen molar-refractivity contribution in [1.82, 2.24) is 14.5 Å². The molecule has 182 valence electrons. The van der Waals surface area contributed by atoms with Crippen LogP contribution in [0.5, 0.6) is 0 Å². The van der Waals surface area contributed by atoms with Gasteiger partial charge in [0.15, 0.2) is 0 Å². The molecule has 1 atom stereocenters. The fourth-order valence-electron chi connectivity index (χ4n) is 3.79. The van der Waals surface area contributed by atoms with Crippen LogP contribution < -0.4 is 10.6 Å². The van der Waals surface area contributed by atoms with Gasteiger partial charge in [-0.25, -0.2) is 21.9 Å². The van der Waals surface area contributed by atoms with Crippen molar-refractivity contribution in [2.75, 3.05) is 26.0 Å². The molecule has 0 saturated carbocycles. The van der Waals surface area contributed by atoms with Gasteiger partial charge >= 0.3 is 6.03 Å². The summed E-state index contributed by atoms with van der Waals surface area (Å²) >= 11 is 0. The fourth-order valence-corrected chi connectivity index (χ4v) is 4.81. The number of carbonyl (C=O) groups excluding carboxylic acids is 3. The summed E-state index contributed by atoms with van der Waals surface area (Å²) in [6.07, 6.45) is 0.198. The molecule has 1 unspecified atom stereocenters. The van der Waals surface area contributed by atoms with Gasteiger partial charge in [0.25, 0.3) is 5.91 Å². The highest BCUT2D eigenvalue weighted by Gasteiger charge is 2.51. The van der Waals surface area contributed by atoms with Gasteiger partial charge < -0.3 is 10.6 Å². The van der Waals surface area contributed by atoms with E-state index in [1.807, 2.05) is 0 Å². The van der Waals surface area contributed by atoms with Crippen molar-refractivity contribution in [3.8, 4) is 0 Å². The van der Waals surface area contributed by atoms with E-state index in [-0.39, 0.29) is 17.0 Å². The molecular weight excluding hydrogens is 463 g/mol. The molecule has 34 heavy (non-hydrogen) atoms. The van der Waals surface area contributed by atoms with Crippen LogP contribution >= 0.6 is 0 Å². The molecule has 11 heteroatoms. The van der Waals surface area contributed by atoms with Crippen molar-refractivity contribution in [1.29, 1.82) is 0 Å². The molecule has 2 aromatic rings. The Kier molecular flexibility index (Phi) is 6.81. The first-order valence-electron chi connectivity index (χ1n) is 10.6. The number of sulfonamides is 1. The van der Waals surface area contributed by atoms with E-state index in [9.17, 15) is 27.2 Å². The van der Waals surface area contributed by atoms with Crippen LogP contribution in [0.25, 0.3) is 0 Å². The average molecular weight is 491 g/mol. The molecule has 0 aromatic heterocycles. The Labute approximate surface area is 198 Å². The van der Waals surface area contributed by atoms with Crippen molar-refractivity contribution in [3.63, 3.8) is 0 Å². The number of aryl methyl sites for hydroxylation is 1. The van der Waals surface area contributed by atoms with Crippen molar-refractivity contribution >= 4 is 33.6 Å². The third-order valence-electron chi connectivity index (χ3n) is 6.04. The zero-order chi connectivity index (χ0) is 25.4. The van der Waals surface area contributed by atoms with Crippen LogP contribution in [0.4, 0.5) is 14.9 Å². The third-order valence-corrected chi connectivity index (χ3v) is 7.83. The lowest BCUT2D eigenvalue weighted by molar-refractivity contribution is -0.134. The van der Waals surface area contributed by atoms with Gasteiger partial charge in [0.1, 0.15) is 17.9 Å². The zero-order valence-electron chi connectivity index (χ0n) is 19.6. The van der Waals surface area contributed by atoms with Crippen LogP contribution in [0.2, 0.25) is 0 Å². The standard InChI is InChI=1S/C23H27FN4O5S/c1-6-23(16-7-9-17(24)10-8-16)21(30)28(22(31)26-23)13-20(29)25-19-12-18(11-14(2)15(19)3)34(32,33)27(4)5/h7-12H,6,13H2,1-5H3,(H,25,29)(H,26,31). The van der Waals surface area contributed by atoms with E-state index in [0.29, 0.717) is 16.7 Å². The molecule has 4 amide bonds. The van der Waals surface area contributed by atoms with E-state index in [2.05, 4.69) is 10.6 Å². The summed E-state index contributed by atoms with van der Waals surface area (Å²) < 4.78 is 39.5. The fraction of sp³-hybridized carbons (Fsp3) is 0.348. The summed E-state index contributed by atoms with van der Waals surface area (Å²) in [5, 5.41) is 5.25. The van der Waals surface area contributed by atoms with Crippen molar-refractivity contribution < 1.29 is 27.2 Å². The topological polar surface area (TPSA) is 116 Å². The van der Waals surface area contributed by atoms with Crippen LogP contribution in [-0.4, -0.2) is 56.1 Å². The van der Waals surface area contributed by atoms with Gasteiger partial charge in [-0.1, -0.05) is 19.1 Å². The number of nitrogens with zero attached hydrogens (tertiary/aromatic N) is 2. The Balaban J connectivity index is 1.85. The van der Waals surface area contributed by atoms with Gasteiger partial charge in [-0.2, -0.15) is 0 Å². The van der Waals surface area contributed by atoms with Crippen LogP contribution in [0.3, 0.4) is 0 Å². The Morgan fingerprint density at radius 2 is 1.76 bits per heavy atom. The summed E-state index contributed by atoms with van der Waals surface area (Å²) in [4.78, 5) is 39.4. The molecule has 0 aliphatic carbocycles. The summed E-state index contributed by atoms with van der Waals surface area (Å²) in [6.45, 7) is 4.57. The number of anilines is 1. The minimum atomic E-state index is -3.74. The molecular formula is C23H27FN4O5S. The van der Waals surface area contributed by atoms with Crippen molar-refractivity contribution in [3.05, 3.63) is 58.9 Å². The molecule has 1 aliphatic heterocycles. The first-order chi connectivity index (χ1) is 15.8. The van der Waals surface area contributed by atoms with Gasteiger partial charge in [0, 0.05) is 19.8 Å². The lowest BCUT2D eigenvalue weighted by atomic mass is 9.87. The second kappa shape index (κ2) is 9.15. The SMILES string of the molecule is CCC1(c2ccc(F)cc2)NC(=O)N(CC(=O)Nc2cc(S(=O)(=O)N(C)C)cc(C)c2C)C1=O. The number of urea groups is 1. The van der Waals surface area contributed by atoms with Crippen molar-refractivity contribution in [2.24, 2.45) is 0 Å². The molecule has 1 aliphatic rings. The minimum absolute atomic E-state index is 0.00667. The summed E-state index contributed by atoms with van der Waals surface area (Å²) in [5.74, 6) is -1.78. The van der Waals surface area contributed by atoms with E-state index in [4.69, 9.17) is 0 Å². The number of halogens is 1. The Morgan fingerprint density at radius 1 is 1.15 bits per heavy atom. The monoisotopic (exact) mass is 490 g/mol. The summed E-state index contributed by atoms with van der Waals surface area (Å²) in [7, 11) is -0.932. The maximum atomic E-state index is 13.4. The quantitative estimate of drug-likeness (QED) is 0.579. The van der Waals surface area contributed by atoms with Crippen LogP contribution in [0.15, 0.2) is 41.3 Å². The highest BCUT2D eigenvalue weighted by atomic mass is 32.2. The highest BCUT2D eigenvalue weighted by Crippen LogP contribution is 2.33. The maximum absolute atomic E-state index is 13.4. The number of hydrogen-bond acceptors (Lipinski definition) is 5. The van der Waals surface area contributed by atoms with Gasteiger partial charge in [-0.3, -0.25) is 14.5 Å². The lowest BCUT2D eigenvalue weighted by Crippen LogP contribution is -2.44. The molecule has 1 heterocycles. The number of benzene rings is 2. The molecule has 2 aromatic carbocycles.